The Labute approximate surface area is 169 Å². The molecule has 0 radical (unpaired) electrons. The lowest BCUT2D eigenvalue weighted by atomic mass is 9.87. The molecule has 1 heterocycles. The Kier molecular flexibility index (Phi) is 7.98. The number of aliphatic imine (C=N–C) groups is 1. The minimum atomic E-state index is 0.278. The van der Waals surface area contributed by atoms with Gasteiger partial charge in [0, 0.05) is 32.7 Å². The van der Waals surface area contributed by atoms with E-state index in [-0.39, 0.29) is 6.04 Å². The van der Waals surface area contributed by atoms with Crippen LogP contribution in [0.25, 0.3) is 0 Å². The number of nitrogens with one attached hydrogen (secondary N) is 2. The smallest absolute Gasteiger partial charge is 0.191 e. The van der Waals surface area contributed by atoms with E-state index in [0.717, 1.165) is 50.5 Å². The lowest BCUT2D eigenvalue weighted by Crippen LogP contribution is -2.48. The first-order valence-corrected chi connectivity index (χ1v) is 10.6. The van der Waals surface area contributed by atoms with Crippen LogP contribution in [0.15, 0.2) is 29.3 Å². The van der Waals surface area contributed by atoms with Crippen molar-refractivity contribution in [1.29, 1.82) is 0 Å². The number of methoxy groups -OCH3 is 1. The topological polar surface area (TPSA) is 58.1 Å². The molecule has 2 fully saturated rings. The van der Waals surface area contributed by atoms with Gasteiger partial charge < -0.3 is 20.1 Å². The summed E-state index contributed by atoms with van der Waals surface area (Å²) >= 11 is 0. The van der Waals surface area contributed by atoms with Crippen molar-refractivity contribution in [2.75, 3.05) is 47.0 Å². The van der Waals surface area contributed by atoms with E-state index in [1.54, 1.807) is 7.11 Å². The third-order valence-corrected chi connectivity index (χ3v) is 6.03. The minimum Gasteiger partial charge on any atom is -0.497 e. The molecule has 1 atom stereocenters. The fourth-order valence-electron chi connectivity index (χ4n) is 4.16. The summed E-state index contributed by atoms with van der Waals surface area (Å²) in [6.07, 6.45) is 5.06. The Balaban J connectivity index is 1.62. The molecule has 1 saturated heterocycles. The van der Waals surface area contributed by atoms with E-state index in [2.05, 4.69) is 39.6 Å². The van der Waals surface area contributed by atoms with E-state index < -0.39 is 0 Å². The zero-order chi connectivity index (χ0) is 19.8. The van der Waals surface area contributed by atoms with Crippen molar-refractivity contribution in [2.24, 2.45) is 10.9 Å². The molecule has 0 amide bonds. The number of guanidine groups is 1. The number of hydrogen-bond donors (Lipinski definition) is 2. The van der Waals surface area contributed by atoms with Gasteiger partial charge in [0.15, 0.2) is 5.96 Å². The van der Waals surface area contributed by atoms with Crippen LogP contribution in [0.4, 0.5) is 0 Å². The van der Waals surface area contributed by atoms with Crippen molar-refractivity contribution in [3.8, 4) is 5.75 Å². The Bertz CT molecular complexity index is 605. The third kappa shape index (κ3) is 5.85. The average Bonchev–Trinajstić information content (AvgIpc) is 2.75. The van der Waals surface area contributed by atoms with Crippen molar-refractivity contribution < 1.29 is 9.47 Å². The van der Waals surface area contributed by atoms with E-state index in [9.17, 15) is 0 Å². The van der Waals surface area contributed by atoms with Crippen molar-refractivity contribution in [2.45, 2.75) is 44.7 Å². The molecule has 3 rings (SSSR count). The van der Waals surface area contributed by atoms with Crippen molar-refractivity contribution >= 4 is 5.96 Å². The number of benzene rings is 1. The Morgan fingerprint density at radius 2 is 1.86 bits per heavy atom. The third-order valence-electron chi connectivity index (χ3n) is 6.03. The van der Waals surface area contributed by atoms with Crippen LogP contribution in [0.3, 0.4) is 0 Å². The molecule has 6 heteroatoms. The van der Waals surface area contributed by atoms with Crippen LogP contribution in [0.5, 0.6) is 5.75 Å². The van der Waals surface area contributed by atoms with Crippen molar-refractivity contribution in [3.63, 3.8) is 0 Å². The summed E-state index contributed by atoms with van der Waals surface area (Å²) in [5.41, 5.74) is 1.29. The fraction of sp³-hybridized carbons (Fsp3) is 0.682. The van der Waals surface area contributed by atoms with Crippen LogP contribution < -0.4 is 15.4 Å². The molecule has 28 heavy (non-hydrogen) atoms. The zero-order valence-electron chi connectivity index (χ0n) is 17.6. The molecule has 6 nitrogen and oxygen atoms in total. The van der Waals surface area contributed by atoms with Crippen LogP contribution in [0.2, 0.25) is 0 Å². The molecule has 1 aliphatic carbocycles. The van der Waals surface area contributed by atoms with Gasteiger partial charge in [0.25, 0.3) is 0 Å². The zero-order valence-corrected chi connectivity index (χ0v) is 17.6. The van der Waals surface area contributed by atoms with Gasteiger partial charge in [0.1, 0.15) is 5.75 Å². The number of morpholine rings is 1. The number of rotatable bonds is 6. The second-order valence-electron chi connectivity index (χ2n) is 7.99. The maximum atomic E-state index is 5.56. The maximum Gasteiger partial charge on any atom is 0.191 e. The predicted octanol–water partition coefficient (Wildman–Crippen LogP) is 2.81. The molecule has 2 aliphatic rings. The normalized spacial score (nSPS) is 25.2. The Morgan fingerprint density at radius 3 is 2.46 bits per heavy atom. The maximum absolute atomic E-state index is 5.56. The first kappa shape index (κ1) is 20.9. The van der Waals surface area contributed by atoms with Crippen LogP contribution in [0.1, 0.15) is 44.2 Å². The van der Waals surface area contributed by atoms with E-state index >= 15 is 0 Å². The number of hydrogen-bond acceptors (Lipinski definition) is 4. The molecule has 1 saturated carbocycles. The van der Waals surface area contributed by atoms with E-state index in [1.807, 2.05) is 19.2 Å². The van der Waals surface area contributed by atoms with Gasteiger partial charge in [-0.1, -0.05) is 19.1 Å². The molecular formula is C22H36N4O2. The molecule has 1 aromatic rings. The van der Waals surface area contributed by atoms with Gasteiger partial charge in [0.2, 0.25) is 0 Å². The van der Waals surface area contributed by atoms with Crippen molar-refractivity contribution in [1.82, 2.24) is 15.5 Å². The largest absolute Gasteiger partial charge is 0.497 e. The summed E-state index contributed by atoms with van der Waals surface area (Å²) in [5, 5.41) is 7.21. The Morgan fingerprint density at radius 1 is 1.18 bits per heavy atom. The summed E-state index contributed by atoms with van der Waals surface area (Å²) in [4.78, 5) is 6.96. The summed E-state index contributed by atoms with van der Waals surface area (Å²) in [6, 6.07) is 9.22. The second kappa shape index (κ2) is 10.7. The minimum absolute atomic E-state index is 0.278. The molecular weight excluding hydrogens is 352 g/mol. The SMILES string of the molecule is CN=C(NCC(c1ccc(OC)cc1)N1CCOCC1)NC1CCC(C)CC1. The van der Waals surface area contributed by atoms with E-state index in [0.29, 0.717) is 6.04 Å². The lowest BCUT2D eigenvalue weighted by molar-refractivity contribution is 0.0170. The highest BCUT2D eigenvalue weighted by molar-refractivity contribution is 5.80. The molecule has 0 aromatic heterocycles. The predicted molar refractivity (Wildman–Crippen MR) is 114 cm³/mol. The summed E-state index contributed by atoms with van der Waals surface area (Å²) in [7, 11) is 3.57. The second-order valence-corrected chi connectivity index (χ2v) is 7.99. The van der Waals surface area contributed by atoms with Crippen molar-refractivity contribution in [3.05, 3.63) is 29.8 Å². The summed E-state index contributed by atoms with van der Waals surface area (Å²) < 4.78 is 10.9. The molecule has 2 N–H and O–H groups in total. The quantitative estimate of drug-likeness (QED) is 0.580. The fourth-order valence-corrected chi connectivity index (χ4v) is 4.16. The van der Waals surface area contributed by atoms with Gasteiger partial charge in [-0.15, -0.1) is 0 Å². The first-order chi connectivity index (χ1) is 13.7. The molecule has 156 valence electrons. The van der Waals surface area contributed by atoms with Crippen LogP contribution >= 0.6 is 0 Å². The monoisotopic (exact) mass is 388 g/mol. The average molecular weight is 389 g/mol. The first-order valence-electron chi connectivity index (χ1n) is 10.6. The van der Waals surface area contributed by atoms with Gasteiger partial charge in [-0.25, -0.2) is 0 Å². The lowest BCUT2D eigenvalue weighted by Gasteiger charge is -2.35. The van der Waals surface area contributed by atoms with Gasteiger partial charge in [0.05, 0.1) is 26.4 Å². The highest BCUT2D eigenvalue weighted by Gasteiger charge is 2.24. The van der Waals surface area contributed by atoms with Gasteiger partial charge in [-0.3, -0.25) is 9.89 Å². The Hall–Kier alpha value is -1.79. The standard InChI is InChI=1S/C22H36N4O2/c1-17-4-8-19(9-5-17)25-22(23-2)24-16-21(26-12-14-28-15-13-26)18-6-10-20(27-3)11-7-18/h6-7,10-11,17,19,21H,4-5,8-9,12-16H2,1-3H3,(H2,23,24,25). The number of nitrogens with zero attached hydrogens (tertiary/aromatic N) is 2. The molecule has 1 aromatic carbocycles. The highest BCUT2D eigenvalue weighted by atomic mass is 16.5. The molecule has 0 bridgehead atoms. The summed E-state index contributed by atoms with van der Waals surface area (Å²) in [5.74, 6) is 2.65. The molecule has 0 spiro atoms. The van der Waals surface area contributed by atoms with Gasteiger partial charge >= 0.3 is 0 Å². The molecule has 1 aliphatic heterocycles. The van der Waals surface area contributed by atoms with Gasteiger partial charge in [-0.2, -0.15) is 0 Å². The van der Waals surface area contributed by atoms with Gasteiger partial charge in [-0.05, 0) is 49.3 Å². The number of ether oxygens (including phenoxy) is 2. The van der Waals surface area contributed by atoms with Crippen LogP contribution in [-0.2, 0) is 4.74 Å². The van der Waals surface area contributed by atoms with Crippen LogP contribution in [-0.4, -0.2) is 63.9 Å². The van der Waals surface area contributed by atoms with E-state index in [4.69, 9.17) is 9.47 Å². The summed E-state index contributed by atoms with van der Waals surface area (Å²) in [6.45, 7) is 6.65. The van der Waals surface area contributed by atoms with Crippen LogP contribution in [0, 0.1) is 5.92 Å². The highest BCUT2D eigenvalue weighted by Crippen LogP contribution is 2.25. The molecule has 1 unspecified atom stereocenters. The van der Waals surface area contributed by atoms with E-state index in [1.165, 1.54) is 31.2 Å².